The Labute approximate surface area is 158 Å². The first-order valence-electron chi connectivity index (χ1n) is 8.97. The Balaban J connectivity index is 1.75. The Hall–Kier alpha value is -2.27. The third-order valence-corrected chi connectivity index (χ3v) is 5.80. The van der Waals surface area contributed by atoms with Crippen molar-refractivity contribution < 1.29 is 9.59 Å². The lowest BCUT2D eigenvalue weighted by Crippen LogP contribution is -2.32. The number of carbonyl (C=O) groups excluding carboxylic acids is 2. The van der Waals surface area contributed by atoms with E-state index in [9.17, 15) is 9.59 Å². The van der Waals surface area contributed by atoms with Crippen molar-refractivity contribution in [1.82, 2.24) is 0 Å². The van der Waals surface area contributed by atoms with E-state index < -0.39 is 5.25 Å². The Bertz CT molecular complexity index is 833. The lowest BCUT2D eigenvalue weighted by Gasteiger charge is -2.24. The fourth-order valence-electron chi connectivity index (χ4n) is 3.13. The van der Waals surface area contributed by atoms with Crippen molar-refractivity contribution in [1.29, 1.82) is 0 Å². The number of thioether (sulfide) groups is 1. The average molecular weight is 369 g/mol. The highest BCUT2D eigenvalue weighted by Gasteiger charge is 2.29. The van der Waals surface area contributed by atoms with E-state index >= 15 is 0 Å². The highest BCUT2D eigenvalue weighted by Crippen LogP contribution is 2.37. The molecule has 0 radical (unpaired) electrons. The zero-order chi connectivity index (χ0) is 18.7. The molecular weight excluding hydrogens is 344 g/mol. The zero-order valence-electron chi connectivity index (χ0n) is 15.3. The van der Waals surface area contributed by atoms with E-state index in [4.69, 9.17) is 0 Å². The summed E-state index contributed by atoms with van der Waals surface area (Å²) in [7, 11) is 0. The Kier molecular flexibility index (Phi) is 5.67. The predicted molar refractivity (Wildman–Crippen MR) is 108 cm³/mol. The summed E-state index contributed by atoms with van der Waals surface area (Å²) >= 11 is 1.45. The van der Waals surface area contributed by atoms with Crippen molar-refractivity contribution in [2.75, 3.05) is 10.6 Å². The first-order valence-corrected chi connectivity index (χ1v) is 9.85. The van der Waals surface area contributed by atoms with Gasteiger partial charge in [0.1, 0.15) is 0 Å². The summed E-state index contributed by atoms with van der Waals surface area (Å²) in [5.74, 6) is 0.0765. The van der Waals surface area contributed by atoms with Gasteiger partial charge in [0, 0.05) is 17.0 Å². The first-order chi connectivity index (χ1) is 12.5. The number of carbonyl (C=O) groups is 2. The fraction of sp³-hybridized carbons (Fsp3) is 0.333. The second-order valence-corrected chi connectivity index (χ2v) is 7.98. The second-order valence-electron chi connectivity index (χ2n) is 6.73. The number of benzene rings is 2. The Morgan fingerprint density at radius 3 is 2.69 bits per heavy atom. The molecule has 1 atom stereocenters. The maximum Gasteiger partial charge on any atom is 0.238 e. The zero-order valence-corrected chi connectivity index (χ0v) is 16.2. The maximum absolute atomic E-state index is 12.7. The molecule has 0 bridgehead atoms. The number of fused-ring (bicyclic) bond motifs is 1. The molecule has 2 aromatic carbocycles. The monoisotopic (exact) mass is 368 g/mol. The van der Waals surface area contributed by atoms with Gasteiger partial charge in [-0.15, -0.1) is 11.8 Å². The lowest BCUT2D eigenvalue weighted by atomic mass is 9.96. The third kappa shape index (κ3) is 3.93. The van der Waals surface area contributed by atoms with Crippen molar-refractivity contribution in [3.8, 4) is 0 Å². The van der Waals surface area contributed by atoms with Crippen molar-refractivity contribution in [2.45, 2.75) is 49.7 Å². The van der Waals surface area contributed by atoms with Gasteiger partial charge in [0.15, 0.2) is 0 Å². The molecule has 5 heteroatoms. The van der Waals surface area contributed by atoms with Crippen LogP contribution in [0.3, 0.4) is 0 Å². The predicted octanol–water partition coefficient (Wildman–Crippen LogP) is 4.81. The van der Waals surface area contributed by atoms with Crippen LogP contribution in [0.2, 0.25) is 0 Å². The standard InChI is InChI=1S/C21H24N2O2S/c1-4-14-8-7-9-15(13(2)3)20(14)23-19(24)12-18-21(25)22-16-10-5-6-11-17(16)26-18/h5-11,13,18H,4,12H2,1-3H3,(H,22,25)(H,23,24)/t18-/m1/s1. The van der Waals surface area contributed by atoms with Crippen molar-refractivity contribution >= 4 is 35.0 Å². The molecule has 0 unspecified atom stereocenters. The molecule has 3 rings (SSSR count). The second kappa shape index (κ2) is 7.96. The van der Waals surface area contributed by atoms with Crippen molar-refractivity contribution in [3.63, 3.8) is 0 Å². The van der Waals surface area contributed by atoms with E-state index in [-0.39, 0.29) is 18.2 Å². The first kappa shape index (κ1) is 18.5. The number of nitrogens with one attached hydrogen (secondary N) is 2. The van der Waals surface area contributed by atoms with Crippen LogP contribution >= 0.6 is 11.8 Å². The summed E-state index contributed by atoms with van der Waals surface area (Å²) in [6.45, 7) is 6.31. The summed E-state index contributed by atoms with van der Waals surface area (Å²) in [6.07, 6.45) is 1.00. The molecule has 1 aliphatic rings. The van der Waals surface area contributed by atoms with Gasteiger partial charge in [-0.25, -0.2) is 0 Å². The molecule has 0 aromatic heterocycles. The number of hydrogen-bond donors (Lipinski definition) is 2. The summed E-state index contributed by atoms with van der Waals surface area (Å²) in [6, 6.07) is 13.8. The molecule has 0 spiro atoms. The summed E-state index contributed by atoms with van der Waals surface area (Å²) in [4.78, 5) is 26.0. The third-order valence-electron chi connectivity index (χ3n) is 4.53. The number of anilines is 2. The van der Waals surface area contributed by atoms with E-state index in [0.717, 1.165) is 33.8 Å². The van der Waals surface area contributed by atoms with E-state index in [1.807, 2.05) is 36.4 Å². The number of para-hydroxylation sites is 2. The van der Waals surface area contributed by atoms with Gasteiger partial charge in [-0.05, 0) is 35.6 Å². The molecule has 1 heterocycles. The van der Waals surface area contributed by atoms with Gasteiger partial charge in [-0.2, -0.15) is 0 Å². The minimum absolute atomic E-state index is 0.114. The van der Waals surface area contributed by atoms with Gasteiger partial charge >= 0.3 is 0 Å². The van der Waals surface area contributed by atoms with Gasteiger partial charge in [-0.1, -0.05) is 51.1 Å². The molecule has 4 nitrogen and oxygen atoms in total. The van der Waals surface area contributed by atoms with Crippen molar-refractivity contribution in [2.24, 2.45) is 0 Å². The molecule has 26 heavy (non-hydrogen) atoms. The van der Waals surface area contributed by atoms with Crippen LogP contribution in [0.4, 0.5) is 11.4 Å². The Morgan fingerprint density at radius 2 is 1.96 bits per heavy atom. The molecule has 0 saturated heterocycles. The van der Waals surface area contributed by atoms with E-state index in [2.05, 4.69) is 37.5 Å². The van der Waals surface area contributed by atoms with Gasteiger partial charge in [0.2, 0.25) is 11.8 Å². The molecular formula is C21H24N2O2S. The highest BCUT2D eigenvalue weighted by molar-refractivity contribution is 8.01. The lowest BCUT2D eigenvalue weighted by molar-refractivity contribution is -0.120. The van der Waals surface area contributed by atoms with E-state index in [0.29, 0.717) is 5.92 Å². The van der Waals surface area contributed by atoms with Crippen LogP contribution < -0.4 is 10.6 Å². The van der Waals surface area contributed by atoms with Crippen LogP contribution in [0.1, 0.15) is 44.2 Å². The molecule has 2 N–H and O–H groups in total. The van der Waals surface area contributed by atoms with Gasteiger partial charge in [-0.3, -0.25) is 9.59 Å². The molecule has 2 amide bonds. The van der Waals surface area contributed by atoms with Gasteiger partial charge < -0.3 is 10.6 Å². The number of hydrogen-bond acceptors (Lipinski definition) is 3. The maximum atomic E-state index is 12.7. The van der Waals surface area contributed by atoms with Crippen LogP contribution in [0.5, 0.6) is 0 Å². The number of rotatable bonds is 5. The number of amides is 2. The van der Waals surface area contributed by atoms with Gasteiger partial charge in [0.05, 0.1) is 10.9 Å². The van der Waals surface area contributed by atoms with E-state index in [1.165, 1.54) is 11.8 Å². The topological polar surface area (TPSA) is 58.2 Å². The van der Waals surface area contributed by atoms with Crippen LogP contribution in [-0.4, -0.2) is 17.1 Å². The SMILES string of the molecule is CCc1cccc(C(C)C)c1NC(=O)C[C@H]1Sc2ccccc2NC1=O. The van der Waals surface area contributed by atoms with Crippen LogP contribution in [0.25, 0.3) is 0 Å². The number of aryl methyl sites for hydroxylation is 1. The van der Waals surface area contributed by atoms with Crippen LogP contribution in [0, 0.1) is 0 Å². The van der Waals surface area contributed by atoms with Gasteiger partial charge in [0.25, 0.3) is 0 Å². The molecule has 136 valence electrons. The fourth-order valence-corrected chi connectivity index (χ4v) is 4.24. The quantitative estimate of drug-likeness (QED) is 0.796. The molecule has 0 aliphatic carbocycles. The molecule has 0 fully saturated rings. The molecule has 1 aliphatic heterocycles. The molecule has 2 aromatic rings. The minimum atomic E-state index is -0.416. The molecule has 0 saturated carbocycles. The summed E-state index contributed by atoms with van der Waals surface area (Å²) < 4.78 is 0. The van der Waals surface area contributed by atoms with Crippen LogP contribution in [0.15, 0.2) is 47.4 Å². The van der Waals surface area contributed by atoms with Crippen LogP contribution in [-0.2, 0) is 16.0 Å². The summed E-state index contributed by atoms with van der Waals surface area (Å²) in [5, 5.41) is 5.55. The smallest absolute Gasteiger partial charge is 0.238 e. The minimum Gasteiger partial charge on any atom is -0.326 e. The van der Waals surface area contributed by atoms with E-state index in [1.54, 1.807) is 0 Å². The highest BCUT2D eigenvalue weighted by atomic mass is 32.2. The normalized spacial score (nSPS) is 16.2. The Morgan fingerprint density at radius 1 is 1.19 bits per heavy atom. The largest absolute Gasteiger partial charge is 0.326 e. The average Bonchev–Trinajstić information content (AvgIpc) is 2.62. The summed E-state index contributed by atoms with van der Waals surface area (Å²) in [5.41, 5.74) is 3.97. The van der Waals surface area contributed by atoms with Crippen molar-refractivity contribution in [3.05, 3.63) is 53.6 Å².